The summed E-state index contributed by atoms with van der Waals surface area (Å²) in [5.41, 5.74) is 3.55. The monoisotopic (exact) mass is 339 g/mol. The molecule has 0 fully saturated rings. The van der Waals surface area contributed by atoms with Crippen LogP contribution in [0.5, 0.6) is 5.75 Å². The van der Waals surface area contributed by atoms with Gasteiger partial charge in [-0.05, 0) is 43.2 Å². The van der Waals surface area contributed by atoms with Crippen molar-refractivity contribution in [2.24, 2.45) is 0 Å². The van der Waals surface area contributed by atoms with Crippen molar-refractivity contribution in [3.8, 4) is 5.75 Å². The van der Waals surface area contributed by atoms with Crippen LogP contribution in [-0.4, -0.2) is 25.6 Å². The standard InChI is InChI=1S/C20H21NO4/c1-14-4-7-16(8-5-14)9-11-20(23)25-13-19(22)21-17-12-15(2)6-10-18(17)24-3/h4-12H,13H2,1-3H3,(H,21,22)/b11-9+. The minimum absolute atomic E-state index is 0.367. The zero-order valence-corrected chi connectivity index (χ0v) is 14.5. The number of methoxy groups -OCH3 is 1. The summed E-state index contributed by atoms with van der Waals surface area (Å²) in [4.78, 5) is 23.6. The molecule has 5 nitrogen and oxygen atoms in total. The molecule has 0 aliphatic rings. The summed E-state index contributed by atoms with van der Waals surface area (Å²) >= 11 is 0. The molecule has 0 aliphatic heterocycles. The number of rotatable bonds is 6. The first kappa shape index (κ1) is 18.3. The Labute approximate surface area is 147 Å². The van der Waals surface area contributed by atoms with Gasteiger partial charge in [0.05, 0.1) is 12.8 Å². The maximum atomic E-state index is 11.9. The van der Waals surface area contributed by atoms with Crippen LogP contribution in [0.1, 0.15) is 16.7 Å². The summed E-state index contributed by atoms with van der Waals surface area (Å²) in [6.07, 6.45) is 2.94. The molecule has 0 bridgehead atoms. The Morgan fingerprint density at radius 2 is 1.72 bits per heavy atom. The van der Waals surface area contributed by atoms with Crippen LogP contribution >= 0.6 is 0 Å². The van der Waals surface area contributed by atoms with Crippen molar-refractivity contribution in [2.45, 2.75) is 13.8 Å². The first-order chi connectivity index (χ1) is 12.0. The number of ether oxygens (including phenoxy) is 2. The average molecular weight is 339 g/mol. The van der Waals surface area contributed by atoms with Crippen molar-refractivity contribution in [1.82, 2.24) is 0 Å². The molecule has 130 valence electrons. The van der Waals surface area contributed by atoms with Gasteiger partial charge in [0.2, 0.25) is 0 Å². The second-order valence-corrected chi connectivity index (χ2v) is 5.60. The van der Waals surface area contributed by atoms with E-state index < -0.39 is 11.9 Å². The van der Waals surface area contributed by atoms with Gasteiger partial charge in [-0.2, -0.15) is 0 Å². The third-order valence-corrected chi connectivity index (χ3v) is 3.46. The minimum atomic E-state index is -0.577. The Kier molecular flexibility index (Phi) is 6.34. The van der Waals surface area contributed by atoms with Crippen molar-refractivity contribution < 1.29 is 19.1 Å². The number of carbonyl (C=O) groups excluding carboxylic acids is 2. The molecule has 5 heteroatoms. The summed E-state index contributed by atoms with van der Waals surface area (Å²) in [6, 6.07) is 13.1. The van der Waals surface area contributed by atoms with Crippen LogP contribution in [0.3, 0.4) is 0 Å². The van der Waals surface area contributed by atoms with Crippen LogP contribution in [0.25, 0.3) is 6.08 Å². The lowest BCUT2D eigenvalue weighted by Crippen LogP contribution is -2.20. The Morgan fingerprint density at radius 1 is 1.04 bits per heavy atom. The number of anilines is 1. The normalized spacial score (nSPS) is 10.5. The molecule has 0 atom stereocenters. The van der Waals surface area contributed by atoms with Crippen molar-refractivity contribution in [3.05, 3.63) is 65.2 Å². The van der Waals surface area contributed by atoms with Crippen LogP contribution in [0.4, 0.5) is 5.69 Å². The Bertz CT molecular complexity index is 779. The Balaban J connectivity index is 1.86. The summed E-state index contributed by atoms with van der Waals surface area (Å²) in [5, 5.41) is 2.67. The number of hydrogen-bond donors (Lipinski definition) is 1. The molecule has 2 aromatic rings. The van der Waals surface area contributed by atoms with Gasteiger partial charge in [0.15, 0.2) is 6.61 Å². The van der Waals surface area contributed by atoms with Gasteiger partial charge in [-0.25, -0.2) is 4.79 Å². The van der Waals surface area contributed by atoms with Gasteiger partial charge < -0.3 is 14.8 Å². The SMILES string of the molecule is COc1ccc(C)cc1NC(=O)COC(=O)/C=C/c1ccc(C)cc1. The first-order valence-corrected chi connectivity index (χ1v) is 7.84. The molecule has 0 radical (unpaired) electrons. The lowest BCUT2D eigenvalue weighted by Gasteiger charge is -2.10. The number of nitrogens with one attached hydrogen (secondary N) is 1. The van der Waals surface area contributed by atoms with E-state index in [1.807, 2.05) is 44.2 Å². The highest BCUT2D eigenvalue weighted by Crippen LogP contribution is 2.24. The van der Waals surface area contributed by atoms with Gasteiger partial charge in [0.25, 0.3) is 5.91 Å². The van der Waals surface area contributed by atoms with Crippen LogP contribution in [0.15, 0.2) is 48.5 Å². The zero-order valence-electron chi connectivity index (χ0n) is 14.5. The molecule has 0 spiro atoms. The molecule has 2 aromatic carbocycles. The van der Waals surface area contributed by atoms with E-state index in [9.17, 15) is 9.59 Å². The third kappa shape index (κ3) is 5.80. The van der Waals surface area contributed by atoms with E-state index in [4.69, 9.17) is 9.47 Å². The molecule has 2 rings (SSSR count). The highest BCUT2D eigenvalue weighted by molar-refractivity contribution is 5.95. The van der Waals surface area contributed by atoms with Crippen molar-refractivity contribution in [1.29, 1.82) is 0 Å². The van der Waals surface area contributed by atoms with Gasteiger partial charge in [-0.15, -0.1) is 0 Å². The fourth-order valence-corrected chi connectivity index (χ4v) is 2.13. The van der Waals surface area contributed by atoms with E-state index in [2.05, 4.69) is 5.32 Å². The second-order valence-electron chi connectivity index (χ2n) is 5.60. The largest absolute Gasteiger partial charge is 0.495 e. The molecule has 1 N–H and O–H groups in total. The molecule has 0 aliphatic carbocycles. The van der Waals surface area contributed by atoms with Gasteiger partial charge >= 0.3 is 5.97 Å². The third-order valence-electron chi connectivity index (χ3n) is 3.46. The zero-order chi connectivity index (χ0) is 18.2. The highest BCUT2D eigenvalue weighted by atomic mass is 16.5. The van der Waals surface area contributed by atoms with E-state index >= 15 is 0 Å². The van der Waals surface area contributed by atoms with E-state index in [0.717, 1.165) is 16.7 Å². The van der Waals surface area contributed by atoms with E-state index in [1.165, 1.54) is 13.2 Å². The summed E-state index contributed by atoms with van der Waals surface area (Å²) in [6.45, 7) is 3.53. The number of hydrogen-bond acceptors (Lipinski definition) is 4. The fourth-order valence-electron chi connectivity index (χ4n) is 2.13. The number of benzene rings is 2. The van der Waals surface area contributed by atoms with E-state index in [1.54, 1.807) is 18.2 Å². The number of esters is 1. The summed E-state index contributed by atoms with van der Waals surface area (Å²) < 4.78 is 10.1. The lowest BCUT2D eigenvalue weighted by atomic mass is 10.1. The smallest absolute Gasteiger partial charge is 0.331 e. The molecular weight excluding hydrogens is 318 g/mol. The van der Waals surface area contributed by atoms with Gasteiger partial charge in [-0.3, -0.25) is 4.79 Å². The topological polar surface area (TPSA) is 64.6 Å². The maximum Gasteiger partial charge on any atom is 0.331 e. The molecule has 0 unspecified atom stereocenters. The minimum Gasteiger partial charge on any atom is -0.495 e. The maximum absolute atomic E-state index is 11.9. The highest BCUT2D eigenvalue weighted by Gasteiger charge is 2.09. The summed E-state index contributed by atoms with van der Waals surface area (Å²) in [5.74, 6) is -0.461. The first-order valence-electron chi connectivity index (χ1n) is 7.84. The molecule has 0 aromatic heterocycles. The van der Waals surface area contributed by atoms with E-state index in [0.29, 0.717) is 11.4 Å². The molecule has 1 amide bonds. The number of carbonyl (C=O) groups is 2. The van der Waals surface area contributed by atoms with Gasteiger partial charge in [-0.1, -0.05) is 35.9 Å². The van der Waals surface area contributed by atoms with Crippen LogP contribution < -0.4 is 10.1 Å². The molecular formula is C20H21NO4. The van der Waals surface area contributed by atoms with Crippen LogP contribution in [-0.2, 0) is 14.3 Å². The number of amides is 1. The molecule has 0 saturated carbocycles. The predicted octanol–water partition coefficient (Wildman–Crippen LogP) is 3.51. The quantitative estimate of drug-likeness (QED) is 0.646. The Morgan fingerprint density at radius 3 is 2.40 bits per heavy atom. The molecule has 0 saturated heterocycles. The van der Waals surface area contributed by atoms with E-state index in [-0.39, 0.29) is 6.61 Å². The Hall–Kier alpha value is -3.08. The van der Waals surface area contributed by atoms with Crippen LogP contribution in [0.2, 0.25) is 0 Å². The number of aryl methyl sites for hydroxylation is 2. The average Bonchev–Trinajstić information content (AvgIpc) is 2.59. The van der Waals surface area contributed by atoms with Crippen molar-refractivity contribution in [3.63, 3.8) is 0 Å². The van der Waals surface area contributed by atoms with Crippen molar-refractivity contribution in [2.75, 3.05) is 19.0 Å². The van der Waals surface area contributed by atoms with Crippen LogP contribution in [0, 0.1) is 13.8 Å². The van der Waals surface area contributed by atoms with Gasteiger partial charge in [0.1, 0.15) is 5.75 Å². The second kappa shape index (κ2) is 8.68. The fraction of sp³-hybridized carbons (Fsp3) is 0.200. The van der Waals surface area contributed by atoms with Gasteiger partial charge in [0, 0.05) is 6.08 Å². The molecule has 0 heterocycles. The predicted molar refractivity (Wildman–Crippen MR) is 97.5 cm³/mol. The molecule has 25 heavy (non-hydrogen) atoms. The van der Waals surface area contributed by atoms with Crippen molar-refractivity contribution >= 4 is 23.6 Å². The summed E-state index contributed by atoms with van der Waals surface area (Å²) in [7, 11) is 1.52. The lowest BCUT2D eigenvalue weighted by molar-refractivity contribution is -0.142.